The molecule has 0 aromatic carbocycles. The molecule has 3 rings (SSSR count). The molecule has 0 saturated carbocycles. The zero-order valence-electron chi connectivity index (χ0n) is 16.0. The molecular formula is C17H17Cl3N6O4. The Morgan fingerprint density at radius 2 is 1.90 bits per heavy atom. The van der Waals surface area contributed by atoms with Gasteiger partial charge >= 0.3 is 11.7 Å². The number of hydrogen-bond donors (Lipinski definition) is 2. The van der Waals surface area contributed by atoms with E-state index >= 15 is 0 Å². The lowest BCUT2D eigenvalue weighted by Gasteiger charge is -2.09. The molecule has 10 nitrogen and oxygen atoms in total. The predicted molar refractivity (Wildman–Crippen MR) is 113 cm³/mol. The van der Waals surface area contributed by atoms with E-state index in [1.807, 2.05) is 6.92 Å². The highest BCUT2D eigenvalue weighted by Gasteiger charge is 2.22. The van der Waals surface area contributed by atoms with Crippen LogP contribution in [0, 0.1) is 0 Å². The number of nitrogens with zero attached hydrogens (tertiary/aromatic N) is 4. The van der Waals surface area contributed by atoms with Crippen molar-refractivity contribution < 1.29 is 9.53 Å². The van der Waals surface area contributed by atoms with E-state index in [0.717, 1.165) is 12.8 Å². The highest BCUT2D eigenvalue weighted by Crippen LogP contribution is 2.34. The van der Waals surface area contributed by atoms with E-state index in [9.17, 15) is 14.4 Å². The number of carbonyl (C=O) groups excluding carboxylic acids is 1. The van der Waals surface area contributed by atoms with Crippen molar-refractivity contribution in [2.45, 2.75) is 32.9 Å². The SMILES string of the molecule is CCCCn1c(=O)[nH]c(=O)c2c1nc(COC(=O)c1nc(Cl)c(Cl)c(N)c1Cl)n2C. The number of carbonyl (C=O) groups is 1. The third kappa shape index (κ3) is 3.90. The number of aromatic amines is 1. The number of rotatable bonds is 6. The van der Waals surface area contributed by atoms with Crippen molar-refractivity contribution >= 4 is 57.6 Å². The van der Waals surface area contributed by atoms with E-state index in [0.29, 0.717) is 6.54 Å². The third-order valence-corrected chi connectivity index (χ3v) is 5.57. The fraction of sp³-hybridized carbons (Fsp3) is 0.353. The number of ether oxygens (including phenoxy) is 1. The van der Waals surface area contributed by atoms with Gasteiger partial charge in [-0.2, -0.15) is 0 Å². The molecule has 0 fully saturated rings. The number of esters is 1. The van der Waals surface area contributed by atoms with Crippen LogP contribution in [0.15, 0.2) is 9.59 Å². The second kappa shape index (κ2) is 8.66. The molecule has 0 unspecified atom stereocenters. The first-order valence-corrected chi connectivity index (χ1v) is 9.96. The average molecular weight is 476 g/mol. The molecule has 0 atom stereocenters. The van der Waals surface area contributed by atoms with Crippen LogP contribution in [0.3, 0.4) is 0 Å². The van der Waals surface area contributed by atoms with Gasteiger partial charge in [0.05, 0.1) is 10.7 Å². The Balaban J connectivity index is 1.95. The van der Waals surface area contributed by atoms with E-state index in [2.05, 4.69) is 15.0 Å². The predicted octanol–water partition coefficient (Wildman–Crippen LogP) is 2.52. The van der Waals surface area contributed by atoms with Gasteiger partial charge in [-0.3, -0.25) is 14.3 Å². The Morgan fingerprint density at radius 1 is 1.20 bits per heavy atom. The van der Waals surface area contributed by atoms with E-state index in [1.165, 1.54) is 9.13 Å². The molecule has 0 radical (unpaired) electrons. The number of imidazole rings is 1. The van der Waals surface area contributed by atoms with Crippen molar-refractivity contribution in [2.75, 3.05) is 5.73 Å². The van der Waals surface area contributed by atoms with Gasteiger partial charge < -0.3 is 15.0 Å². The highest BCUT2D eigenvalue weighted by atomic mass is 35.5. The number of aryl methyl sites for hydroxylation is 2. The van der Waals surface area contributed by atoms with Crippen LogP contribution in [0.4, 0.5) is 5.69 Å². The second-order valence-electron chi connectivity index (χ2n) is 6.39. The number of unbranched alkanes of at least 4 members (excludes halogenated alkanes) is 1. The molecule has 0 bridgehead atoms. The summed E-state index contributed by atoms with van der Waals surface area (Å²) in [6.07, 6.45) is 1.58. The van der Waals surface area contributed by atoms with Crippen LogP contribution < -0.4 is 17.0 Å². The van der Waals surface area contributed by atoms with Gasteiger partial charge in [0.15, 0.2) is 22.0 Å². The summed E-state index contributed by atoms with van der Waals surface area (Å²) in [6, 6.07) is 0. The van der Waals surface area contributed by atoms with Crippen LogP contribution in [0.25, 0.3) is 11.2 Å². The number of nitrogens with one attached hydrogen (secondary N) is 1. The van der Waals surface area contributed by atoms with Crippen molar-refractivity contribution in [2.24, 2.45) is 7.05 Å². The van der Waals surface area contributed by atoms with E-state index in [1.54, 1.807) is 7.05 Å². The summed E-state index contributed by atoms with van der Waals surface area (Å²) in [6.45, 7) is 2.05. The summed E-state index contributed by atoms with van der Waals surface area (Å²) in [5.41, 5.74) is 4.56. The molecule has 0 amide bonds. The topological polar surface area (TPSA) is 138 Å². The fourth-order valence-electron chi connectivity index (χ4n) is 2.81. The van der Waals surface area contributed by atoms with Gasteiger partial charge in [-0.05, 0) is 6.42 Å². The summed E-state index contributed by atoms with van der Waals surface area (Å²) in [5, 5.41) is -0.457. The second-order valence-corrected chi connectivity index (χ2v) is 7.51. The van der Waals surface area contributed by atoms with Crippen LogP contribution >= 0.6 is 34.8 Å². The molecule has 30 heavy (non-hydrogen) atoms. The largest absolute Gasteiger partial charge is 0.453 e. The first kappa shape index (κ1) is 22.1. The maximum absolute atomic E-state index is 12.4. The number of hydrogen-bond acceptors (Lipinski definition) is 7. The van der Waals surface area contributed by atoms with Gasteiger partial charge in [0, 0.05) is 13.6 Å². The van der Waals surface area contributed by atoms with Gasteiger partial charge in [0.1, 0.15) is 17.5 Å². The van der Waals surface area contributed by atoms with Crippen LogP contribution in [-0.2, 0) is 24.9 Å². The molecule has 3 aromatic heterocycles. The number of fused-ring (bicyclic) bond motifs is 1. The van der Waals surface area contributed by atoms with Gasteiger partial charge in [0.2, 0.25) is 0 Å². The minimum absolute atomic E-state index is 0.0714. The smallest absolute Gasteiger partial charge is 0.359 e. The molecule has 0 aliphatic rings. The number of pyridine rings is 1. The van der Waals surface area contributed by atoms with E-state index < -0.39 is 17.2 Å². The quantitative estimate of drug-likeness (QED) is 0.412. The van der Waals surface area contributed by atoms with Crippen molar-refractivity contribution in [3.05, 3.63) is 47.6 Å². The highest BCUT2D eigenvalue weighted by molar-refractivity contribution is 6.46. The molecular weight excluding hydrogens is 459 g/mol. The number of anilines is 1. The molecule has 0 aliphatic heterocycles. The lowest BCUT2D eigenvalue weighted by Crippen LogP contribution is -2.31. The summed E-state index contributed by atoms with van der Waals surface area (Å²) >= 11 is 17.7. The Labute approximate surface area is 184 Å². The average Bonchev–Trinajstić information content (AvgIpc) is 3.03. The molecule has 0 spiro atoms. The molecule has 160 valence electrons. The van der Waals surface area contributed by atoms with Gasteiger partial charge in [-0.1, -0.05) is 48.1 Å². The maximum atomic E-state index is 12.4. The van der Waals surface area contributed by atoms with E-state index in [-0.39, 0.29) is 50.2 Å². The van der Waals surface area contributed by atoms with Crippen molar-refractivity contribution in [1.29, 1.82) is 0 Å². The third-order valence-electron chi connectivity index (χ3n) is 4.44. The molecule has 3 aromatic rings. The zero-order chi connectivity index (χ0) is 22.2. The first-order chi connectivity index (χ1) is 14.2. The van der Waals surface area contributed by atoms with Crippen LogP contribution in [-0.4, -0.2) is 30.1 Å². The van der Waals surface area contributed by atoms with Crippen LogP contribution in [0.2, 0.25) is 15.2 Å². The normalized spacial score (nSPS) is 11.2. The molecule has 13 heteroatoms. The van der Waals surface area contributed by atoms with Gasteiger partial charge in [0.25, 0.3) is 5.56 Å². The van der Waals surface area contributed by atoms with Crippen molar-refractivity contribution in [1.82, 2.24) is 24.1 Å². The maximum Gasteiger partial charge on any atom is 0.359 e. The van der Waals surface area contributed by atoms with Crippen molar-refractivity contribution in [3.8, 4) is 0 Å². The summed E-state index contributed by atoms with van der Waals surface area (Å²) < 4.78 is 8.04. The monoisotopic (exact) mass is 474 g/mol. The first-order valence-electron chi connectivity index (χ1n) is 8.82. The molecule has 3 N–H and O–H groups in total. The number of halogens is 3. The molecule has 3 heterocycles. The Morgan fingerprint density at radius 3 is 2.57 bits per heavy atom. The number of aromatic nitrogens is 5. The lowest BCUT2D eigenvalue weighted by molar-refractivity contribution is 0.0453. The van der Waals surface area contributed by atoms with Crippen LogP contribution in [0.5, 0.6) is 0 Å². The Bertz CT molecular complexity index is 1260. The number of nitrogen functional groups attached to an aromatic ring is 1. The summed E-state index contributed by atoms with van der Waals surface area (Å²) in [5.74, 6) is -0.668. The van der Waals surface area contributed by atoms with E-state index in [4.69, 9.17) is 45.3 Å². The number of nitrogens with two attached hydrogens (primary N) is 1. The molecule has 0 saturated heterocycles. The minimum atomic E-state index is -0.908. The minimum Gasteiger partial charge on any atom is -0.453 e. The fourth-order valence-corrected chi connectivity index (χ4v) is 3.39. The Hall–Kier alpha value is -2.56. The molecule has 0 aliphatic carbocycles. The van der Waals surface area contributed by atoms with Gasteiger partial charge in [-0.15, -0.1) is 0 Å². The zero-order valence-corrected chi connectivity index (χ0v) is 18.2. The number of H-pyrrole nitrogens is 1. The van der Waals surface area contributed by atoms with Crippen molar-refractivity contribution in [3.63, 3.8) is 0 Å². The van der Waals surface area contributed by atoms with Crippen LogP contribution in [0.1, 0.15) is 36.1 Å². The summed E-state index contributed by atoms with van der Waals surface area (Å²) in [4.78, 5) is 47.3. The standard InChI is InChI=1S/C17H17Cl3N6O4/c1-3-4-5-26-14-12(15(27)24-17(26)29)25(2)7(22-14)6-30-16(28)11-8(18)10(21)9(19)13(20)23-11/h3-6H2,1-2H3,(H2,21,23)(H,24,27,29). The summed E-state index contributed by atoms with van der Waals surface area (Å²) in [7, 11) is 1.57. The lowest BCUT2D eigenvalue weighted by atomic mass is 10.3. The van der Waals surface area contributed by atoms with Gasteiger partial charge in [-0.25, -0.2) is 19.6 Å². The Kier molecular flexibility index (Phi) is 6.39.